The van der Waals surface area contributed by atoms with Crippen molar-refractivity contribution in [3.05, 3.63) is 90.3 Å². The lowest BCUT2D eigenvalue weighted by atomic mass is 10.0. The molecular weight excluding hydrogens is 613 g/mol. The molecule has 1 aliphatic heterocycles. The Labute approximate surface area is 259 Å². The number of para-hydroxylation sites is 1. The van der Waals surface area contributed by atoms with Crippen LogP contribution in [-0.2, 0) is 20.7 Å². The molecule has 2 N–H and O–H groups in total. The van der Waals surface area contributed by atoms with E-state index < -0.39 is 24.7 Å². The smallest absolute Gasteiger partial charge is 0.468 e. The predicted octanol–water partition coefficient (Wildman–Crippen LogP) is 4.61. The molecule has 1 fully saturated rings. The first-order valence-corrected chi connectivity index (χ1v) is 14.6. The third kappa shape index (κ3) is 7.50. The molecule has 15 heteroatoms. The Morgan fingerprint density at radius 3 is 2.49 bits per heavy atom. The predicted molar refractivity (Wildman–Crippen MR) is 161 cm³/mol. The van der Waals surface area contributed by atoms with Gasteiger partial charge in [0.2, 0.25) is 12.3 Å². The highest BCUT2D eigenvalue weighted by molar-refractivity contribution is 8.15. The standard InChI is InChI=1S/C30H27F3N6O5S/c1-3-18-6-4-5-7-23(18)39-24(40)16-45-29(39)36-28(42)35-25(27(41)43-2)19-8-10-20(11-9-19)26-34-17-38(37-26)21-12-14-22(15-13-21)44-30(31,32)33/h4-15,17,25,28,35,42H,3,16H2,1-2H3. The van der Waals surface area contributed by atoms with Gasteiger partial charge in [0, 0.05) is 5.56 Å². The van der Waals surface area contributed by atoms with Crippen molar-refractivity contribution in [2.24, 2.45) is 4.99 Å². The number of anilines is 1. The number of alkyl halides is 3. The third-order valence-corrected chi connectivity index (χ3v) is 7.63. The summed E-state index contributed by atoms with van der Waals surface area (Å²) in [7, 11) is 1.22. The summed E-state index contributed by atoms with van der Waals surface area (Å²) in [5.41, 5.74) is 3.13. The number of halogens is 3. The summed E-state index contributed by atoms with van der Waals surface area (Å²) < 4.78 is 47.6. The minimum atomic E-state index is -4.79. The number of thioether (sulfide) groups is 1. The Morgan fingerprint density at radius 1 is 1.11 bits per heavy atom. The lowest BCUT2D eigenvalue weighted by Gasteiger charge is -2.22. The van der Waals surface area contributed by atoms with Crippen LogP contribution < -0.4 is 15.0 Å². The topological polar surface area (TPSA) is 131 Å². The molecule has 1 saturated heterocycles. The summed E-state index contributed by atoms with van der Waals surface area (Å²) in [5.74, 6) is -0.725. The van der Waals surface area contributed by atoms with Gasteiger partial charge >= 0.3 is 12.3 Å². The molecule has 0 bridgehead atoms. The highest BCUT2D eigenvalue weighted by atomic mass is 32.2. The van der Waals surface area contributed by atoms with Crippen LogP contribution in [0.2, 0.25) is 0 Å². The largest absolute Gasteiger partial charge is 0.573 e. The maximum Gasteiger partial charge on any atom is 0.573 e. The molecule has 11 nitrogen and oxygen atoms in total. The van der Waals surface area contributed by atoms with Gasteiger partial charge in [0.1, 0.15) is 18.1 Å². The first kappa shape index (κ1) is 31.7. The summed E-state index contributed by atoms with van der Waals surface area (Å²) in [4.78, 5) is 35.5. The van der Waals surface area contributed by atoms with Crippen molar-refractivity contribution in [3.63, 3.8) is 0 Å². The number of hydrogen-bond acceptors (Lipinski definition) is 10. The van der Waals surface area contributed by atoms with E-state index in [9.17, 15) is 27.9 Å². The number of aryl methyl sites for hydroxylation is 1. The molecule has 0 spiro atoms. The lowest BCUT2D eigenvalue weighted by Crippen LogP contribution is -2.38. The zero-order valence-electron chi connectivity index (χ0n) is 23.9. The Bertz CT molecular complexity index is 1700. The average molecular weight is 641 g/mol. The van der Waals surface area contributed by atoms with Crippen molar-refractivity contribution in [1.29, 1.82) is 0 Å². The second-order valence-corrected chi connectivity index (χ2v) is 10.5. The fourth-order valence-electron chi connectivity index (χ4n) is 4.58. The Hall–Kier alpha value is -4.73. The molecule has 1 aromatic heterocycles. The van der Waals surface area contributed by atoms with E-state index in [1.807, 2.05) is 31.2 Å². The Kier molecular flexibility index (Phi) is 9.51. The lowest BCUT2D eigenvalue weighted by molar-refractivity contribution is -0.274. The molecule has 1 amide bonds. The van der Waals surface area contributed by atoms with E-state index in [2.05, 4.69) is 25.1 Å². The second kappa shape index (κ2) is 13.5. The first-order chi connectivity index (χ1) is 21.6. The van der Waals surface area contributed by atoms with E-state index in [4.69, 9.17) is 4.74 Å². The maximum absolute atomic E-state index is 12.7. The minimum absolute atomic E-state index is 0.160. The molecule has 0 saturated carbocycles. The van der Waals surface area contributed by atoms with Gasteiger partial charge in [0.05, 0.1) is 24.2 Å². The van der Waals surface area contributed by atoms with Crippen molar-refractivity contribution in [2.75, 3.05) is 17.8 Å². The van der Waals surface area contributed by atoms with Gasteiger partial charge in [-0.3, -0.25) is 15.0 Å². The zero-order chi connectivity index (χ0) is 32.1. The van der Waals surface area contributed by atoms with Crippen LogP contribution in [0.1, 0.15) is 24.1 Å². The number of benzene rings is 3. The fourth-order valence-corrected chi connectivity index (χ4v) is 5.46. The van der Waals surface area contributed by atoms with Gasteiger partial charge in [-0.15, -0.1) is 18.3 Å². The van der Waals surface area contributed by atoms with Crippen molar-refractivity contribution in [2.45, 2.75) is 32.1 Å². The number of methoxy groups -OCH3 is 1. The van der Waals surface area contributed by atoms with Crippen LogP contribution >= 0.6 is 11.8 Å². The van der Waals surface area contributed by atoms with Crippen LogP contribution in [0.5, 0.6) is 5.75 Å². The maximum atomic E-state index is 12.7. The van der Waals surface area contributed by atoms with E-state index in [1.165, 1.54) is 59.0 Å². The molecule has 0 aliphatic carbocycles. The van der Waals surface area contributed by atoms with Crippen molar-refractivity contribution in [1.82, 2.24) is 20.1 Å². The number of amidine groups is 1. The van der Waals surface area contributed by atoms with Crippen LogP contribution in [0.4, 0.5) is 18.9 Å². The van der Waals surface area contributed by atoms with E-state index in [0.717, 1.165) is 5.56 Å². The second-order valence-electron chi connectivity index (χ2n) is 9.58. The van der Waals surface area contributed by atoms with E-state index in [-0.39, 0.29) is 17.4 Å². The summed E-state index contributed by atoms with van der Waals surface area (Å²) in [6.45, 7) is 1.98. The number of carbonyl (C=O) groups excluding carboxylic acids is 2. The van der Waals surface area contributed by atoms with Gasteiger partial charge in [0.15, 0.2) is 11.0 Å². The van der Waals surface area contributed by atoms with E-state index in [0.29, 0.717) is 39.9 Å². The van der Waals surface area contributed by atoms with Gasteiger partial charge in [-0.25, -0.2) is 19.5 Å². The molecule has 5 rings (SSSR count). The van der Waals surface area contributed by atoms with Crippen molar-refractivity contribution in [3.8, 4) is 22.8 Å². The molecule has 4 aromatic rings. The van der Waals surface area contributed by atoms with Crippen molar-refractivity contribution >= 4 is 34.5 Å². The average Bonchev–Trinajstić information content (AvgIpc) is 3.66. The number of nitrogens with one attached hydrogen (secondary N) is 1. The van der Waals surface area contributed by atoms with Gasteiger partial charge in [-0.05, 0) is 47.9 Å². The van der Waals surface area contributed by atoms with Gasteiger partial charge in [-0.1, -0.05) is 61.2 Å². The highest BCUT2D eigenvalue weighted by Crippen LogP contribution is 2.30. The molecule has 234 valence electrons. The van der Waals surface area contributed by atoms with Crippen LogP contribution in [0.15, 0.2) is 84.1 Å². The molecular formula is C30H27F3N6O5S. The minimum Gasteiger partial charge on any atom is -0.468 e. The number of amides is 1. The third-order valence-electron chi connectivity index (χ3n) is 6.69. The number of aliphatic hydroxyl groups is 1. The molecule has 1 aliphatic rings. The van der Waals surface area contributed by atoms with Crippen LogP contribution in [0.25, 0.3) is 17.1 Å². The SMILES string of the molecule is CCc1ccccc1N1C(=O)CSC1=NC(O)NC(C(=O)OC)c1ccc(-c2ncn(-c3ccc(OC(F)(F)F)cc3)n2)cc1. The number of hydrogen-bond donors (Lipinski definition) is 2. The zero-order valence-corrected chi connectivity index (χ0v) is 24.7. The summed E-state index contributed by atoms with van der Waals surface area (Å²) in [5, 5.41) is 18.3. The normalized spacial score (nSPS) is 15.7. The number of carbonyl (C=O) groups is 2. The molecule has 2 heterocycles. The van der Waals surface area contributed by atoms with Gasteiger partial charge < -0.3 is 14.6 Å². The number of rotatable bonds is 10. The van der Waals surface area contributed by atoms with Gasteiger partial charge in [-0.2, -0.15) is 0 Å². The number of ether oxygens (including phenoxy) is 2. The van der Waals surface area contributed by atoms with E-state index in [1.54, 1.807) is 24.3 Å². The Morgan fingerprint density at radius 2 is 1.82 bits per heavy atom. The molecule has 2 unspecified atom stereocenters. The number of aromatic nitrogens is 3. The first-order valence-electron chi connectivity index (χ1n) is 13.6. The molecule has 3 aromatic carbocycles. The summed E-state index contributed by atoms with van der Waals surface area (Å²) in [6, 6.07) is 18.1. The molecule has 45 heavy (non-hydrogen) atoms. The van der Waals surface area contributed by atoms with Crippen LogP contribution in [0, 0.1) is 0 Å². The highest BCUT2D eigenvalue weighted by Gasteiger charge is 2.33. The molecule has 0 radical (unpaired) electrons. The number of aliphatic imine (C=N–C) groups is 1. The fraction of sp³-hybridized carbons (Fsp3) is 0.233. The van der Waals surface area contributed by atoms with Gasteiger partial charge in [0.25, 0.3) is 0 Å². The molecule has 2 atom stereocenters. The summed E-state index contributed by atoms with van der Waals surface area (Å²) in [6.07, 6.45) is -4.24. The van der Waals surface area contributed by atoms with Crippen molar-refractivity contribution < 1.29 is 37.3 Å². The number of esters is 1. The number of nitrogens with zero attached hydrogens (tertiary/aromatic N) is 5. The van der Waals surface area contributed by atoms with E-state index >= 15 is 0 Å². The Balaban J connectivity index is 1.31. The number of aliphatic hydroxyl groups excluding tert-OH is 1. The van der Waals surface area contributed by atoms with Crippen LogP contribution in [0.3, 0.4) is 0 Å². The summed E-state index contributed by atoms with van der Waals surface area (Å²) >= 11 is 1.18. The van der Waals surface area contributed by atoms with Crippen LogP contribution in [-0.4, -0.2) is 62.5 Å². The monoisotopic (exact) mass is 640 g/mol. The quantitative estimate of drug-likeness (QED) is 0.189.